The minimum Gasteiger partial charge on any atom is -0.494 e. The molecule has 0 heterocycles. The molecular formula is C21H25N3O4S. The number of benzene rings is 2. The molecule has 0 spiro atoms. The molecule has 0 saturated carbocycles. The number of nitrogens with zero attached hydrogens (tertiary/aromatic N) is 1. The number of carbonyl (C=O) groups is 1. The second kappa shape index (κ2) is 11.1. The molecule has 8 heteroatoms. The molecule has 0 atom stereocenters. The van der Waals surface area contributed by atoms with Gasteiger partial charge in [-0.3, -0.25) is 20.2 Å². The van der Waals surface area contributed by atoms with Crippen LogP contribution in [-0.4, -0.2) is 22.5 Å². The average molecular weight is 416 g/mol. The molecule has 0 radical (unpaired) electrons. The second-order valence-corrected chi connectivity index (χ2v) is 6.96. The number of nitrogens with one attached hydrogen (secondary N) is 2. The van der Waals surface area contributed by atoms with Gasteiger partial charge in [-0.2, -0.15) is 0 Å². The first kappa shape index (κ1) is 22.3. The monoisotopic (exact) mass is 415 g/mol. The lowest BCUT2D eigenvalue weighted by Gasteiger charge is -2.12. The van der Waals surface area contributed by atoms with Gasteiger partial charge in [0.15, 0.2) is 5.11 Å². The number of hydrogen-bond donors (Lipinski definition) is 2. The Morgan fingerprint density at radius 1 is 1.14 bits per heavy atom. The van der Waals surface area contributed by atoms with Crippen LogP contribution < -0.4 is 15.4 Å². The Hall–Kier alpha value is -3.00. The molecule has 2 N–H and O–H groups in total. The van der Waals surface area contributed by atoms with Crippen LogP contribution in [0.3, 0.4) is 0 Å². The number of thiocarbonyl (C=S) groups is 1. The van der Waals surface area contributed by atoms with E-state index in [9.17, 15) is 14.9 Å². The van der Waals surface area contributed by atoms with Crippen molar-refractivity contribution in [3.05, 3.63) is 63.7 Å². The van der Waals surface area contributed by atoms with E-state index in [1.54, 1.807) is 43.3 Å². The van der Waals surface area contributed by atoms with Crippen LogP contribution in [0.25, 0.3) is 0 Å². The van der Waals surface area contributed by atoms with Gasteiger partial charge in [0, 0.05) is 11.6 Å². The van der Waals surface area contributed by atoms with Crippen molar-refractivity contribution in [2.45, 2.75) is 39.5 Å². The Morgan fingerprint density at radius 2 is 1.86 bits per heavy atom. The van der Waals surface area contributed by atoms with Crippen LogP contribution in [0.5, 0.6) is 5.75 Å². The number of unbranched alkanes of at least 4 members (excludes halogenated alkanes) is 3. The summed E-state index contributed by atoms with van der Waals surface area (Å²) in [4.78, 5) is 22.9. The summed E-state index contributed by atoms with van der Waals surface area (Å²) in [5.74, 6) is 0.339. The van der Waals surface area contributed by atoms with Crippen molar-refractivity contribution in [2.75, 3.05) is 11.9 Å². The van der Waals surface area contributed by atoms with E-state index in [-0.39, 0.29) is 16.7 Å². The van der Waals surface area contributed by atoms with Crippen LogP contribution in [0, 0.1) is 17.0 Å². The summed E-state index contributed by atoms with van der Waals surface area (Å²) < 4.78 is 5.67. The Labute approximate surface area is 175 Å². The van der Waals surface area contributed by atoms with Crippen LogP contribution in [-0.2, 0) is 0 Å². The van der Waals surface area contributed by atoms with Crippen molar-refractivity contribution in [2.24, 2.45) is 0 Å². The summed E-state index contributed by atoms with van der Waals surface area (Å²) in [7, 11) is 0. The number of nitro groups is 1. The molecule has 29 heavy (non-hydrogen) atoms. The maximum absolute atomic E-state index is 12.4. The van der Waals surface area contributed by atoms with Gasteiger partial charge in [0.05, 0.1) is 22.8 Å². The molecule has 2 aromatic rings. The van der Waals surface area contributed by atoms with Gasteiger partial charge in [0.25, 0.3) is 11.6 Å². The van der Waals surface area contributed by atoms with Crippen LogP contribution in [0.15, 0.2) is 42.5 Å². The average Bonchev–Trinajstić information content (AvgIpc) is 2.69. The Balaban J connectivity index is 1.89. The van der Waals surface area contributed by atoms with Crippen molar-refractivity contribution in [3.8, 4) is 5.75 Å². The van der Waals surface area contributed by atoms with E-state index in [2.05, 4.69) is 17.6 Å². The lowest BCUT2D eigenvalue weighted by atomic mass is 10.1. The predicted molar refractivity (Wildman–Crippen MR) is 118 cm³/mol. The molecule has 2 aromatic carbocycles. The van der Waals surface area contributed by atoms with E-state index in [0.29, 0.717) is 29.2 Å². The van der Waals surface area contributed by atoms with E-state index in [1.165, 1.54) is 18.9 Å². The van der Waals surface area contributed by atoms with Crippen LogP contribution in [0.1, 0.15) is 48.5 Å². The van der Waals surface area contributed by atoms with Crippen molar-refractivity contribution in [1.82, 2.24) is 5.32 Å². The molecule has 0 saturated heterocycles. The molecule has 0 fully saturated rings. The van der Waals surface area contributed by atoms with Crippen LogP contribution in [0.2, 0.25) is 0 Å². The van der Waals surface area contributed by atoms with Gasteiger partial charge >= 0.3 is 0 Å². The number of carbonyl (C=O) groups excluding carboxylic acids is 1. The lowest BCUT2D eigenvalue weighted by Crippen LogP contribution is -2.34. The lowest BCUT2D eigenvalue weighted by molar-refractivity contribution is -0.385. The summed E-state index contributed by atoms with van der Waals surface area (Å²) >= 11 is 5.16. The zero-order valence-corrected chi connectivity index (χ0v) is 17.4. The van der Waals surface area contributed by atoms with E-state index in [4.69, 9.17) is 17.0 Å². The summed E-state index contributed by atoms with van der Waals surface area (Å²) in [6.45, 7) is 4.44. The topological polar surface area (TPSA) is 93.5 Å². The molecule has 0 bridgehead atoms. The van der Waals surface area contributed by atoms with Gasteiger partial charge in [-0.15, -0.1) is 0 Å². The van der Waals surface area contributed by atoms with Gasteiger partial charge in [-0.25, -0.2) is 0 Å². The van der Waals surface area contributed by atoms with Crippen molar-refractivity contribution in [3.63, 3.8) is 0 Å². The molecule has 2 rings (SSSR count). The number of anilines is 1. The zero-order valence-electron chi connectivity index (χ0n) is 16.6. The normalized spacial score (nSPS) is 10.3. The molecule has 0 aliphatic carbocycles. The highest BCUT2D eigenvalue weighted by molar-refractivity contribution is 7.80. The quantitative estimate of drug-likeness (QED) is 0.259. The Morgan fingerprint density at radius 3 is 2.52 bits per heavy atom. The van der Waals surface area contributed by atoms with Crippen molar-refractivity contribution >= 4 is 34.6 Å². The van der Waals surface area contributed by atoms with Crippen LogP contribution in [0.4, 0.5) is 11.4 Å². The fourth-order valence-corrected chi connectivity index (χ4v) is 2.91. The Kier molecular flexibility index (Phi) is 8.54. The standard InChI is InChI=1S/C21H25N3O4S/c1-3-4-5-6-14-28-17-12-10-16(11-13-17)20(25)23-21(29)22-18-8-7-9-19(15(18)2)24(26)27/h7-13H,3-6,14H2,1-2H3,(H2,22,23,25,29). The number of hydrogen-bond acceptors (Lipinski definition) is 5. The van der Waals surface area contributed by atoms with Gasteiger partial charge < -0.3 is 10.1 Å². The minimum atomic E-state index is -0.463. The minimum absolute atomic E-state index is 0.0191. The third-order valence-corrected chi connectivity index (χ3v) is 4.56. The fraction of sp³-hybridized carbons (Fsp3) is 0.333. The molecule has 0 aliphatic heterocycles. The smallest absolute Gasteiger partial charge is 0.274 e. The Bertz CT molecular complexity index is 869. The number of rotatable bonds is 9. The molecule has 7 nitrogen and oxygen atoms in total. The van der Waals surface area contributed by atoms with E-state index < -0.39 is 4.92 Å². The van der Waals surface area contributed by atoms with Gasteiger partial charge in [-0.1, -0.05) is 32.3 Å². The molecular weight excluding hydrogens is 390 g/mol. The van der Waals surface area contributed by atoms with Gasteiger partial charge in [0.1, 0.15) is 5.75 Å². The maximum Gasteiger partial charge on any atom is 0.274 e. The largest absolute Gasteiger partial charge is 0.494 e. The molecule has 0 aromatic heterocycles. The van der Waals surface area contributed by atoms with Crippen molar-refractivity contribution < 1.29 is 14.5 Å². The first-order valence-electron chi connectivity index (χ1n) is 9.51. The number of amides is 1. The number of nitro benzene ring substituents is 1. The highest BCUT2D eigenvalue weighted by atomic mass is 32.1. The van der Waals surface area contributed by atoms with E-state index in [0.717, 1.165) is 12.8 Å². The second-order valence-electron chi connectivity index (χ2n) is 6.55. The maximum atomic E-state index is 12.4. The molecule has 0 aliphatic rings. The third-order valence-electron chi connectivity index (χ3n) is 4.36. The highest BCUT2D eigenvalue weighted by Gasteiger charge is 2.15. The molecule has 154 valence electrons. The zero-order chi connectivity index (χ0) is 21.2. The fourth-order valence-electron chi connectivity index (χ4n) is 2.71. The predicted octanol–water partition coefficient (Wildman–Crippen LogP) is 4.99. The first-order valence-corrected chi connectivity index (χ1v) is 9.92. The molecule has 0 unspecified atom stereocenters. The van der Waals surface area contributed by atoms with E-state index in [1.807, 2.05) is 0 Å². The first-order chi connectivity index (χ1) is 13.9. The number of ether oxygens (including phenoxy) is 1. The summed E-state index contributed by atoms with van der Waals surface area (Å²) in [6, 6.07) is 11.4. The highest BCUT2D eigenvalue weighted by Crippen LogP contribution is 2.25. The summed E-state index contributed by atoms with van der Waals surface area (Å²) in [5, 5.41) is 16.5. The third kappa shape index (κ3) is 6.83. The van der Waals surface area contributed by atoms with Crippen molar-refractivity contribution in [1.29, 1.82) is 0 Å². The summed E-state index contributed by atoms with van der Waals surface area (Å²) in [6.07, 6.45) is 4.53. The van der Waals surface area contributed by atoms with E-state index >= 15 is 0 Å². The van der Waals surface area contributed by atoms with Gasteiger partial charge in [-0.05, 0) is 55.9 Å². The molecule has 1 amide bonds. The summed E-state index contributed by atoms with van der Waals surface area (Å²) in [5.41, 5.74) is 1.32. The SMILES string of the molecule is CCCCCCOc1ccc(C(=O)NC(=S)Nc2cccc([N+](=O)[O-])c2C)cc1. The van der Waals surface area contributed by atoms with Gasteiger partial charge in [0.2, 0.25) is 0 Å². The van der Waals surface area contributed by atoms with Crippen LogP contribution >= 0.6 is 12.2 Å².